The predicted octanol–water partition coefficient (Wildman–Crippen LogP) is 2.09. The minimum atomic E-state index is -0.937. The van der Waals surface area contributed by atoms with Crippen LogP contribution in [-0.2, 0) is 29.9 Å². The number of esters is 2. The summed E-state index contributed by atoms with van der Waals surface area (Å²) in [6.45, 7) is 4.13. The van der Waals surface area contributed by atoms with Crippen molar-refractivity contribution in [3.63, 3.8) is 0 Å². The molecule has 0 heterocycles. The van der Waals surface area contributed by atoms with Gasteiger partial charge in [0, 0.05) is 10.8 Å². The summed E-state index contributed by atoms with van der Waals surface area (Å²) in [5, 5.41) is 0. The predicted molar refractivity (Wildman–Crippen MR) is 72.3 cm³/mol. The van der Waals surface area contributed by atoms with E-state index in [0.717, 1.165) is 12.8 Å². The molecule has 4 nitrogen and oxygen atoms in total. The van der Waals surface area contributed by atoms with Gasteiger partial charge in [-0.2, -0.15) is 0 Å². The Bertz CT molecular complexity index is 559. The van der Waals surface area contributed by atoms with E-state index in [4.69, 9.17) is 4.74 Å². The molecule has 0 saturated heterocycles. The van der Waals surface area contributed by atoms with Crippen molar-refractivity contribution < 1.29 is 19.1 Å². The van der Waals surface area contributed by atoms with E-state index in [-0.39, 0.29) is 16.9 Å². The molecule has 1 spiro atoms. The quantitative estimate of drug-likeness (QED) is 0.581. The summed E-state index contributed by atoms with van der Waals surface area (Å²) in [6.07, 6.45) is 1.68. The summed E-state index contributed by atoms with van der Waals surface area (Å²) < 4.78 is 9.97. The molecule has 0 bridgehead atoms. The van der Waals surface area contributed by atoms with Gasteiger partial charge in [0.2, 0.25) is 0 Å². The maximum absolute atomic E-state index is 11.8. The standard InChI is InChI=1S/C16H18O4/c1-15(2)10-6-4-5-7-11(10)16(8-9-16)14(15)20-13(18)12(17)19-3/h4-7,14H,8-9H2,1-3H3. The average molecular weight is 274 g/mol. The van der Waals surface area contributed by atoms with Crippen LogP contribution in [0.25, 0.3) is 0 Å². The summed E-state index contributed by atoms with van der Waals surface area (Å²) in [6, 6.07) is 8.21. The molecule has 1 saturated carbocycles. The number of ether oxygens (including phenoxy) is 2. The van der Waals surface area contributed by atoms with Gasteiger partial charge in [0.05, 0.1) is 7.11 Å². The molecular weight excluding hydrogens is 256 g/mol. The topological polar surface area (TPSA) is 52.6 Å². The number of hydrogen-bond donors (Lipinski definition) is 0. The number of hydrogen-bond acceptors (Lipinski definition) is 4. The molecule has 1 aromatic carbocycles. The van der Waals surface area contributed by atoms with Crippen LogP contribution in [0.15, 0.2) is 24.3 Å². The number of rotatable bonds is 1. The van der Waals surface area contributed by atoms with Gasteiger partial charge in [-0.05, 0) is 24.0 Å². The Balaban J connectivity index is 1.97. The zero-order chi connectivity index (χ0) is 14.5. The lowest BCUT2D eigenvalue weighted by molar-refractivity contribution is -0.172. The van der Waals surface area contributed by atoms with E-state index < -0.39 is 11.9 Å². The van der Waals surface area contributed by atoms with Crippen LogP contribution >= 0.6 is 0 Å². The molecule has 0 aromatic heterocycles. The largest absolute Gasteiger partial charge is 0.461 e. The molecule has 0 aliphatic heterocycles. The fourth-order valence-corrected chi connectivity index (χ4v) is 3.62. The molecule has 1 unspecified atom stereocenters. The van der Waals surface area contributed by atoms with Gasteiger partial charge in [-0.1, -0.05) is 38.1 Å². The first-order valence-electron chi connectivity index (χ1n) is 6.82. The molecule has 4 heteroatoms. The zero-order valence-corrected chi connectivity index (χ0v) is 11.9. The third-order valence-corrected chi connectivity index (χ3v) is 4.68. The van der Waals surface area contributed by atoms with Crippen LogP contribution in [0, 0.1) is 0 Å². The van der Waals surface area contributed by atoms with E-state index >= 15 is 0 Å². The van der Waals surface area contributed by atoms with Crippen LogP contribution in [0.3, 0.4) is 0 Å². The van der Waals surface area contributed by atoms with Crippen LogP contribution in [0.5, 0.6) is 0 Å². The lowest BCUT2D eigenvalue weighted by atomic mass is 9.82. The highest BCUT2D eigenvalue weighted by atomic mass is 16.6. The van der Waals surface area contributed by atoms with Crippen molar-refractivity contribution >= 4 is 11.9 Å². The molecule has 1 aromatic rings. The molecule has 0 amide bonds. The lowest BCUT2D eigenvalue weighted by Gasteiger charge is -2.30. The van der Waals surface area contributed by atoms with Crippen molar-refractivity contribution in [3.8, 4) is 0 Å². The van der Waals surface area contributed by atoms with E-state index in [1.54, 1.807) is 0 Å². The summed E-state index contributed by atoms with van der Waals surface area (Å²) in [4.78, 5) is 23.1. The first-order chi connectivity index (χ1) is 9.43. The first kappa shape index (κ1) is 13.2. The normalized spacial score (nSPS) is 24.1. The minimum absolute atomic E-state index is 0.107. The molecular formula is C16H18O4. The Hall–Kier alpha value is -1.84. The number of carbonyl (C=O) groups excluding carboxylic acids is 2. The Morgan fingerprint density at radius 3 is 2.25 bits per heavy atom. The van der Waals surface area contributed by atoms with Gasteiger partial charge in [-0.15, -0.1) is 0 Å². The summed E-state index contributed by atoms with van der Waals surface area (Å²) >= 11 is 0. The second-order valence-corrected chi connectivity index (χ2v) is 6.20. The Kier molecular flexibility index (Phi) is 2.68. The van der Waals surface area contributed by atoms with Crippen molar-refractivity contribution in [2.75, 3.05) is 7.11 Å². The second-order valence-electron chi connectivity index (χ2n) is 6.20. The number of carbonyl (C=O) groups is 2. The van der Waals surface area contributed by atoms with Gasteiger partial charge >= 0.3 is 11.9 Å². The Morgan fingerprint density at radius 2 is 1.70 bits per heavy atom. The van der Waals surface area contributed by atoms with Gasteiger partial charge < -0.3 is 9.47 Å². The molecule has 2 aliphatic rings. The highest BCUT2D eigenvalue weighted by Gasteiger charge is 2.64. The second kappa shape index (κ2) is 4.08. The van der Waals surface area contributed by atoms with Gasteiger partial charge in [0.1, 0.15) is 6.10 Å². The molecule has 2 aliphatic carbocycles. The minimum Gasteiger partial charge on any atom is -0.461 e. The first-order valence-corrected chi connectivity index (χ1v) is 6.82. The summed E-state index contributed by atoms with van der Waals surface area (Å²) in [7, 11) is 1.19. The molecule has 106 valence electrons. The average Bonchev–Trinajstić information content (AvgIpc) is 3.21. The maximum atomic E-state index is 11.8. The van der Waals surface area contributed by atoms with E-state index in [0.29, 0.717) is 0 Å². The van der Waals surface area contributed by atoms with Crippen LogP contribution in [0.2, 0.25) is 0 Å². The van der Waals surface area contributed by atoms with Gasteiger partial charge in [0.25, 0.3) is 0 Å². The maximum Gasteiger partial charge on any atom is 0.417 e. The van der Waals surface area contributed by atoms with E-state index in [1.807, 2.05) is 12.1 Å². The third kappa shape index (κ3) is 1.60. The summed E-state index contributed by atoms with van der Waals surface area (Å²) in [5.41, 5.74) is 2.06. The van der Waals surface area contributed by atoms with Crippen LogP contribution < -0.4 is 0 Å². The molecule has 1 fully saturated rings. The van der Waals surface area contributed by atoms with E-state index in [1.165, 1.54) is 18.2 Å². The van der Waals surface area contributed by atoms with Crippen molar-refractivity contribution in [1.29, 1.82) is 0 Å². The molecule has 0 radical (unpaired) electrons. The van der Waals surface area contributed by atoms with Crippen molar-refractivity contribution in [2.45, 2.75) is 43.6 Å². The van der Waals surface area contributed by atoms with Gasteiger partial charge in [0.15, 0.2) is 0 Å². The fraction of sp³-hybridized carbons (Fsp3) is 0.500. The van der Waals surface area contributed by atoms with Crippen LogP contribution in [0.4, 0.5) is 0 Å². The molecule has 20 heavy (non-hydrogen) atoms. The van der Waals surface area contributed by atoms with Gasteiger partial charge in [-0.25, -0.2) is 9.59 Å². The molecule has 0 N–H and O–H groups in total. The van der Waals surface area contributed by atoms with Gasteiger partial charge in [-0.3, -0.25) is 0 Å². The highest BCUT2D eigenvalue weighted by molar-refractivity contribution is 6.29. The van der Waals surface area contributed by atoms with E-state index in [2.05, 4.69) is 30.7 Å². The van der Waals surface area contributed by atoms with Crippen molar-refractivity contribution in [1.82, 2.24) is 0 Å². The third-order valence-electron chi connectivity index (χ3n) is 4.68. The summed E-state index contributed by atoms with van der Waals surface area (Å²) in [5.74, 6) is -1.84. The zero-order valence-electron chi connectivity index (χ0n) is 11.9. The van der Waals surface area contributed by atoms with Crippen LogP contribution in [0.1, 0.15) is 37.8 Å². The SMILES string of the molecule is COC(=O)C(=O)OC1C(C)(C)c2ccccc2C12CC2. The van der Waals surface area contributed by atoms with E-state index in [9.17, 15) is 9.59 Å². The Labute approximate surface area is 118 Å². The smallest absolute Gasteiger partial charge is 0.417 e. The monoisotopic (exact) mass is 274 g/mol. The molecule has 3 rings (SSSR count). The number of methoxy groups -OCH3 is 1. The number of fused-ring (bicyclic) bond motifs is 2. The van der Waals surface area contributed by atoms with Crippen LogP contribution in [-0.4, -0.2) is 25.2 Å². The highest BCUT2D eigenvalue weighted by Crippen LogP contribution is 2.63. The van der Waals surface area contributed by atoms with Crippen molar-refractivity contribution in [3.05, 3.63) is 35.4 Å². The lowest BCUT2D eigenvalue weighted by Crippen LogP contribution is -2.41. The molecule has 1 atom stereocenters. The van der Waals surface area contributed by atoms with Crippen molar-refractivity contribution in [2.24, 2.45) is 0 Å². The fourth-order valence-electron chi connectivity index (χ4n) is 3.62. The Morgan fingerprint density at radius 1 is 1.10 bits per heavy atom. The number of benzene rings is 1.